The standard InChI is InChI=1S/C13H15ClN2S/c14-13-7-11(5-4-10(13)8-15)16-9-12-3-1-2-6-17-12/h4-5,7,12,16H,1-3,6,9H2. The molecular weight excluding hydrogens is 252 g/mol. The van der Waals surface area contributed by atoms with E-state index in [1.54, 1.807) is 6.07 Å². The highest BCUT2D eigenvalue weighted by Gasteiger charge is 2.13. The third-order valence-corrected chi connectivity index (χ3v) is 4.61. The van der Waals surface area contributed by atoms with Crippen LogP contribution in [0.2, 0.25) is 5.02 Å². The zero-order valence-electron chi connectivity index (χ0n) is 9.58. The number of halogens is 1. The van der Waals surface area contributed by atoms with Gasteiger partial charge in [0.1, 0.15) is 6.07 Å². The molecule has 1 fully saturated rings. The molecule has 0 saturated carbocycles. The summed E-state index contributed by atoms with van der Waals surface area (Å²) < 4.78 is 0. The summed E-state index contributed by atoms with van der Waals surface area (Å²) in [6.07, 6.45) is 3.99. The third kappa shape index (κ3) is 3.55. The van der Waals surface area contributed by atoms with E-state index >= 15 is 0 Å². The van der Waals surface area contributed by atoms with Crippen molar-refractivity contribution in [1.82, 2.24) is 0 Å². The van der Waals surface area contributed by atoms with Crippen molar-refractivity contribution in [2.45, 2.75) is 24.5 Å². The fourth-order valence-electron chi connectivity index (χ4n) is 1.92. The predicted octanol–water partition coefficient (Wildman–Crippen LogP) is 3.91. The summed E-state index contributed by atoms with van der Waals surface area (Å²) in [5.41, 5.74) is 1.53. The zero-order chi connectivity index (χ0) is 12.1. The first-order valence-electron chi connectivity index (χ1n) is 5.85. The van der Waals surface area contributed by atoms with Gasteiger partial charge < -0.3 is 5.32 Å². The molecule has 1 aromatic carbocycles. The average molecular weight is 267 g/mol. The molecular formula is C13H15ClN2S. The van der Waals surface area contributed by atoms with Gasteiger partial charge in [-0.15, -0.1) is 0 Å². The van der Waals surface area contributed by atoms with E-state index in [0.717, 1.165) is 12.2 Å². The first-order valence-corrected chi connectivity index (χ1v) is 7.27. The molecule has 2 nitrogen and oxygen atoms in total. The number of thioether (sulfide) groups is 1. The van der Waals surface area contributed by atoms with Gasteiger partial charge >= 0.3 is 0 Å². The first-order chi connectivity index (χ1) is 8.29. The monoisotopic (exact) mass is 266 g/mol. The Hall–Kier alpha value is -0.850. The summed E-state index contributed by atoms with van der Waals surface area (Å²) in [5.74, 6) is 1.28. The van der Waals surface area contributed by atoms with E-state index in [2.05, 4.69) is 11.4 Å². The Kier molecular flexibility index (Phi) is 4.58. The topological polar surface area (TPSA) is 35.8 Å². The minimum atomic E-state index is 0.522. The van der Waals surface area contributed by atoms with Gasteiger partial charge in [-0.25, -0.2) is 0 Å². The van der Waals surface area contributed by atoms with Crippen molar-refractivity contribution >= 4 is 29.1 Å². The Morgan fingerprint density at radius 2 is 2.35 bits per heavy atom. The van der Waals surface area contributed by atoms with Crippen LogP contribution in [0.25, 0.3) is 0 Å². The Morgan fingerprint density at radius 3 is 3.00 bits per heavy atom. The van der Waals surface area contributed by atoms with E-state index in [1.165, 1.54) is 25.0 Å². The number of nitriles is 1. The molecule has 0 radical (unpaired) electrons. The Bertz CT molecular complexity index is 422. The summed E-state index contributed by atoms with van der Waals surface area (Å²) in [4.78, 5) is 0. The molecule has 17 heavy (non-hydrogen) atoms. The molecule has 1 N–H and O–H groups in total. The lowest BCUT2D eigenvalue weighted by molar-refractivity contribution is 0.677. The lowest BCUT2D eigenvalue weighted by Gasteiger charge is -2.22. The van der Waals surface area contributed by atoms with Crippen LogP contribution in [-0.4, -0.2) is 17.5 Å². The zero-order valence-corrected chi connectivity index (χ0v) is 11.2. The highest BCUT2D eigenvalue weighted by Crippen LogP contribution is 2.26. The van der Waals surface area contributed by atoms with Crippen molar-refractivity contribution in [2.24, 2.45) is 0 Å². The molecule has 1 aromatic rings. The summed E-state index contributed by atoms with van der Waals surface area (Å²) in [6.45, 7) is 0.979. The SMILES string of the molecule is N#Cc1ccc(NCC2CCCCS2)cc1Cl. The highest BCUT2D eigenvalue weighted by molar-refractivity contribution is 7.99. The fourth-order valence-corrected chi connectivity index (χ4v) is 3.38. The maximum atomic E-state index is 8.78. The maximum Gasteiger partial charge on any atom is 0.101 e. The largest absolute Gasteiger partial charge is 0.384 e. The molecule has 1 aliphatic rings. The second-order valence-corrected chi connectivity index (χ2v) is 5.99. The van der Waals surface area contributed by atoms with Gasteiger partial charge in [-0.3, -0.25) is 0 Å². The third-order valence-electron chi connectivity index (χ3n) is 2.90. The number of nitrogens with zero attached hydrogens (tertiary/aromatic N) is 1. The lowest BCUT2D eigenvalue weighted by Crippen LogP contribution is -2.19. The second-order valence-electron chi connectivity index (χ2n) is 4.18. The van der Waals surface area contributed by atoms with Crippen LogP contribution in [0.15, 0.2) is 18.2 Å². The van der Waals surface area contributed by atoms with E-state index in [9.17, 15) is 0 Å². The van der Waals surface area contributed by atoms with E-state index < -0.39 is 0 Å². The molecule has 0 amide bonds. The molecule has 0 bridgehead atoms. The van der Waals surface area contributed by atoms with Gasteiger partial charge in [-0.2, -0.15) is 17.0 Å². The molecule has 0 aromatic heterocycles. The van der Waals surface area contributed by atoms with Crippen molar-refractivity contribution < 1.29 is 0 Å². The first kappa shape index (κ1) is 12.6. The quantitative estimate of drug-likeness (QED) is 0.901. The van der Waals surface area contributed by atoms with Gasteiger partial charge in [0.15, 0.2) is 0 Å². The molecule has 0 spiro atoms. The maximum absolute atomic E-state index is 8.78. The summed E-state index contributed by atoms with van der Waals surface area (Å²) in [6, 6.07) is 7.57. The van der Waals surface area contributed by atoms with Crippen LogP contribution in [0.3, 0.4) is 0 Å². The molecule has 1 saturated heterocycles. The van der Waals surface area contributed by atoms with Gasteiger partial charge in [-0.1, -0.05) is 18.0 Å². The van der Waals surface area contributed by atoms with Gasteiger partial charge in [0.2, 0.25) is 0 Å². The van der Waals surface area contributed by atoms with E-state index in [4.69, 9.17) is 16.9 Å². The van der Waals surface area contributed by atoms with Crippen LogP contribution >= 0.6 is 23.4 Å². The summed E-state index contributed by atoms with van der Waals surface area (Å²) >= 11 is 8.03. The van der Waals surface area contributed by atoms with Crippen LogP contribution < -0.4 is 5.32 Å². The van der Waals surface area contributed by atoms with E-state index in [1.807, 2.05) is 23.9 Å². The van der Waals surface area contributed by atoms with Crippen molar-refractivity contribution in [3.8, 4) is 6.07 Å². The summed E-state index contributed by atoms with van der Waals surface area (Å²) in [7, 11) is 0. The minimum absolute atomic E-state index is 0.522. The number of nitrogens with one attached hydrogen (secondary N) is 1. The van der Waals surface area contributed by atoms with Gasteiger partial charge in [-0.05, 0) is 36.8 Å². The normalized spacial score (nSPS) is 19.6. The number of anilines is 1. The molecule has 2 rings (SSSR count). The van der Waals surface area contributed by atoms with Crippen LogP contribution in [0.5, 0.6) is 0 Å². The van der Waals surface area contributed by atoms with Gasteiger partial charge in [0.05, 0.1) is 10.6 Å². The minimum Gasteiger partial charge on any atom is -0.384 e. The van der Waals surface area contributed by atoms with E-state index in [-0.39, 0.29) is 0 Å². The molecule has 4 heteroatoms. The Balaban J connectivity index is 1.90. The van der Waals surface area contributed by atoms with Crippen molar-refractivity contribution in [3.63, 3.8) is 0 Å². The number of hydrogen-bond donors (Lipinski definition) is 1. The number of benzene rings is 1. The van der Waals surface area contributed by atoms with Gasteiger partial charge in [0, 0.05) is 17.5 Å². The molecule has 1 unspecified atom stereocenters. The second kappa shape index (κ2) is 6.18. The molecule has 1 heterocycles. The van der Waals surface area contributed by atoms with Crippen LogP contribution in [-0.2, 0) is 0 Å². The lowest BCUT2D eigenvalue weighted by atomic mass is 10.2. The number of rotatable bonds is 3. The molecule has 1 atom stereocenters. The highest BCUT2D eigenvalue weighted by atomic mass is 35.5. The number of hydrogen-bond acceptors (Lipinski definition) is 3. The van der Waals surface area contributed by atoms with Crippen molar-refractivity contribution in [3.05, 3.63) is 28.8 Å². The summed E-state index contributed by atoms with van der Waals surface area (Å²) in [5, 5.41) is 13.4. The molecule has 0 aliphatic carbocycles. The van der Waals surface area contributed by atoms with Crippen LogP contribution in [0.1, 0.15) is 24.8 Å². The van der Waals surface area contributed by atoms with Crippen LogP contribution in [0, 0.1) is 11.3 Å². The van der Waals surface area contributed by atoms with Gasteiger partial charge in [0.25, 0.3) is 0 Å². The predicted molar refractivity (Wildman–Crippen MR) is 74.8 cm³/mol. The molecule has 90 valence electrons. The average Bonchev–Trinajstić information content (AvgIpc) is 2.38. The van der Waals surface area contributed by atoms with Crippen LogP contribution in [0.4, 0.5) is 5.69 Å². The van der Waals surface area contributed by atoms with Crippen molar-refractivity contribution in [1.29, 1.82) is 5.26 Å². The Labute approximate surface area is 111 Å². The van der Waals surface area contributed by atoms with E-state index in [0.29, 0.717) is 15.8 Å². The Morgan fingerprint density at radius 1 is 1.47 bits per heavy atom. The smallest absolute Gasteiger partial charge is 0.101 e. The van der Waals surface area contributed by atoms with Crippen molar-refractivity contribution in [2.75, 3.05) is 17.6 Å². The molecule has 1 aliphatic heterocycles. The fraction of sp³-hybridized carbons (Fsp3) is 0.462.